The van der Waals surface area contributed by atoms with Gasteiger partial charge in [0, 0.05) is 17.0 Å². The van der Waals surface area contributed by atoms with Crippen molar-refractivity contribution < 1.29 is 8.78 Å². The van der Waals surface area contributed by atoms with Crippen LogP contribution < -0.4 is 0 Å². The molecule has 1 aliphatic rings. The number of fused-ring (bicyclic) bond motifs is 1. The third-order valence-electron chi connectivity index (χ3n) is 3.79. The Morgan fingerprint density at radius 2 is 2.00 bits per heavy atom. The van der Waals surface area contributed by atoms with Gasteiger partial charge in [-0.1, -0.05) is 29.4 Å². The molecule has 1 aromatic heterocycles. The zero-order chi connectivity index (χ0) is 15.5. The molecule has 0 saturated carbocycles. The fourth-order valence-corrected chi connectivity index (χ4v) is 2.79. The summed E-state index contributed by atoms with van der Waals surface area (Å²) in [6.07, 6.45) is 5.72. The zero-order valence-corrected chi connectivity index (χ0v) is 11.5. The van der Waals surface area contributed by atoms with Crippen LogP contribution in [-0.2, 0) is 0 Å². The third kappa shape index (κ3) is 2.44. The Hall–Kier alpha value is -2.72. The molecule has 0 saturated heterocycles. The van der Waals surface area contributed by atoms with Crippen molar-refractivity contribution in [2.24, 2.45) is 5.11 Å². The highest BCUT2D eigenvalue weighted by molar-refractivity contribution is 5.53. The quantitative estimate of drug-likeness (QED) is 0.441. The minimum Gasteiger partial charge on any atom is -0.257 e. The smallest absolute Gasteiger partial charge is 0.162 e. The Morgan fingerprint density at radius 1 is 1.18 bits per heavy atom. The van der Waals surface area contributed by atoms with Crippen LogP contribution in [0.2, 0.25) is 0 Å². The molecule has 0 fully saturated rings. The van der Waals surface area contributed by atoms with E-state index in [1.807, 2.05) is 12.2 Å². The lowest BCUT2D eigenvalue weighted by Gasteiger charge is -2.23. The molecular formula is C16H12F2N4. The molecule has 1 aliphatic carbocycles. The van der Waals surface area contributed by atoms with Crippen molar-refractivity contribution in [3.8, 4) is 0 Å². The molecule has 0 amide bonds. The fraction of sp³-hybridized carbons (Fsp3) is 0.188. The molecular weight excluding hydrogens is 286 g/mol. The number of azide groups is 1. The average molecular weight is 298 g/mol. The van der Waals surface area contributed by atoms with E-state index in [9.17, 15) is 8.78 Å². The highest BCUT2D eigenvalue weighted by atomic mass is 19.2. The average Bonchev–Trinajstić information content (AvgIpc) is 2.71. The van der Waals surface area contributed by atoms with E-state index < -0.39 is 23.6 Å². The van der Waals surface area contributed by atoms with Crippen LogP contribution in [0.15, 0.2) is 47.7 Å². The number of hydrogen-bond donors (Lipinski definition) is 0. The summed E-state index contributed by atoms with van der Waals surface area (Å²) in [5.41, 5.74) is 10.5. The van der Waals surface area contributed by atoms with Crippen LogP contribution in [0.3, 0.4) is 0 Å². The largest absolute Gasteiger partial charge is 0.257 e. The number of rotatable bonds is 2. The monoisotopic (exact) mass is 298 g/mol. The Balaban J connectivity index is 2.17. The van der Waals surface area contributed by atoms with Gasteiger partial charge in [0.1, 0.15) is 0 Å². The lowest BCUT2D eigenvalue weighted by Crippen LogP contribution is -2.11. The molecule has 0 aliphatic heterocycles. The minimum absolute atomic E-state index is 0.207. The van der Waals surface area contributed by atoms with Crippen LogP contribution in [0.1, 0.15) is 35.2 Å². The summed E-state index contributed by atoms with van der Waals surface area (Å²) in [7, 11) is 0. The number of halogens is 2. The van der Waals surface area contributed by atoms with Crippen LogP contribution in [0.25, 0.3) is 16.5 Å². The Kier molecular flexibility index (Phi) is 3.85. The lowest BCUT2D eigenvalue weighted by molar-refractivity contribution is 0.468. The first-order valence-corrected chi connectivity index (χ1v) is 6.82. The molecule has 1 aromatic carbocycles. The summed E-state index contributed by atoms with van der Waals surface area (Å²) in [5.74, 6) is -2.28. The maximum atomic E-state index is 14.2. The Morgan fingerprint density at radius 3 is 2.82 bits per heavy atom. The molecule has 4 nitrogen and oxygen atoms in total. The van der Waals surface area contributed by atoms with E-state index in [1.54, 1.807) is 18.3 Å². The highest BCUT2D eigenvalue weighted by Gasteiger charge is 2.29. The molecule has 1 heterocycles. The van der Waals surface area contributed by atoms with E-state index in [1.165, 1.54) is 12.1 Å². The summed E-state index contributed by atoms with van der Waals surface area (Å²) < 4.78 is 27.7. The van der Waals surface area contributed by atoms with Crippen molar-refractivity contribution in [2.75, 3.05) is 0 Å². The van der Waals surface area contributed by atoms with Crippen LogP contribution in [0.4, 0.5) is 8.78 Å². The van der Waals surface area contributed by atoms with Gasteiger partial charge in [-0.25, -0.2) is 8.78 Å². The number of hydrogen-bond acceptors (Lipinski definition) is 2. The zero-order valence-electron chi connectivity index (χ0n) is 11.5. The second-order valence-corrected chi connectivity index (χ2v) is 5.02. The van der Waals surface area contributed by atoms with Crippen LogP contribution in [-0.4, -0.2) is 4.98 Å². The number of pyridine rings is 1. The second kappa shape index (κ2) is 5.95. The number of nitrogens with zero attached hydrogens (tertiary/aromatic N) is 4. The van der Waals surface area contributed by atoms with E-state index in [4.69, 9.17) is 5.53 Å². The standard InChI is InChI=1S/C16H12F2N4/c17-13-7-1-4-10(15(13)18)11-5-2-8-14-12(6-3-9-20-14)16(11)21-22-19/h1-4,6-9,11,16H,5H2/t11-,16-/m0/s1. The summed E-state index contributed by atoms with van der Waals surface area (Å²) >= 11 is 0. The maximum Gasteiger partial charge on any atom is 0.162 e. The number of allylic oxidation sites excluding steroid dienone is 1. The summed E-state index contributed by atoms with van der Waals surface area (Å²) in [6, 6.07) is 6.94. The molecule has 0 spiro atoms. The van der Waals surface area contributed by atoms with Crippen LogP contribution in [0.5, 0.6) is 0 Å². The minimum atomic E-state index is -0.906. The van der Waals surface area contributed by atoms with E-state index in [-0.39, 0.29) is 5.56 Å². The Labute approximate surface area is 125 Å². The molecule has 3 rings (SSSR count). The van der Waals surface area contributed by atoms with Gasteiger partial charge in [-0.3, -0.25) is 4.98 Å². The summed E-state index contributed by atoms with van der Waals surface area (Å²) in [4.78, 5) is 7.12. The van der Waals surface area contributed by atoms with Gasteiger partial charge in [0.05, 0.1) is 11.7 Å². The van der Waals surface area contributed by atoms with Crippen molar-refractivity contribution in [3.05, 3.63) is 81.5 Å². The van der Waals surface area contributed by atoms with Gasteiger partial charge in [0.2, 0.25) is 0 Å². The molecule has 110 valence electrons. The van der Waals surface area contributed by atoms with Crippen molar-refractivity contribution >= 4 is 6.08 Å². The summed E-state index contributed by atoms with van der Waals surface area (Å²) in [5, 5.41) is 3.82. The van der Waals surface area contributed by atoms with Crippen LogP contribution >= 0.6 is 0 Å². The lowest BCUT2D eigenvalue weighted by atomic mass is 9.85. The Bertz CT molecular complexity index is 781. The SMILES string of the molecule is [N-]=[N+]=N[C@@H]1c2cccnc2C=CC[C@H]1c1cccc(F)c1F. The summed E-state index contributed by atoms with van der Waals surface area (Å²) in [6.45, 7) is 0. The molecule has 0 bridgehead atoms. The molecule has 22 heavy (non-hydrogen) atoms. The van der Waals surface area contributed by atoms with Crippen molar-refractivity contribution in [3.63, 3.8) is 0 Å². The van der Waals surface area contributed by atoms with E-state index in [0.29, 0.717) is 17.7 Å². The number of aromatic nitrogens is 1. The fourth-order valence-electron chi connectivity index (χ4n) is 2.79. The molecule has 0 radical (unpaired) electrons. The van der Waals surface area contributed by atoms with Crippen molar-refractivity contribution in [1.29, 1.82) is 0 Å². The van der Waals surface area contributed by atoms with Gasteiger partial charge in [-0.2, -0.15) is 0 Å². The van der Waals surface area contributed by atoms with Crippen molar-refractivity contribution in [2.45, 2.75) is 18.4 Å². The topological polar surface area (TPSA) is 61.7 Å². The first-order valence-electron chi connectivity index (χ1n) is 6.82. The first kappa shape index (κ1) is 14.2. The van der Waals surface area contributed by atoms with E-state index >= 15 is 0 Å². The van der Waals surface area contributed by atoms with Gasteiger partial charge in [0.25, 0.3) is 0 Å². The van der Waals surface area contributed by atoms with Gasteiger partial charge in [-0.15, -0.1) is 0 Å². The van der Waals surface area contributed by atoms with E-state index in [0.717, 1.165) is 6.07 Å². The molecule has 2 atom stereocenters. The number of benzene rings is 1. The second-order valence-electron chi connectivity index (χ2n) is 5.02. The van der Waals surface area contributed by atoms with Crippen LogP contribution in [0, 0.1) is 11.6 Å². The van der Waals surface area contributed by atoms with Gasteiger partial charge in [-0.05, 0) is 41.3 Å². The molecule has 2 aromatic rings. The van der Waals surface area contributed by atoms with Crippen molar-refractivity contribution in [1.82, 2.24) is 4.98 Å². The molecule has 0 unspecified atom stereocenters. The molecule has 0 N–H and O–H groups in total. The third-order valence-corrected chi connectivity index (χ3v) is 3.79. The first-order chi connectivity index (χ1) is 10.7. The molecule has 6 heteroatoms. The predicted molar refractivity (Wildman–Crippen MR) is 78.9 cm³/mol. The van der Waals surface area contributed by atoms with Gasteiger partial charge in [0.15, 0.2) is 11.6 Å². The maximum absolute atomic E-state index is 14.2. The predicted octanol–water partition coefficient (Wildman–Crippen LogP) is 4.91. The van der Waals surface area contributed by atoms with E-state index in [2.05, 4.69) is 15.0 Å². The van der Waals surface area contributed by atoms with Gasteiger partial charge < -0.3 is 0 Å². The normalized spacial score (nSPS) is 19.9. The van der Waals surface area contributed by atoms with Gasteiger partial charge >= 0.3 is 0 Å². The highest BCUT2D eigenvalue weighted by Crippen LogP contribution is 2.41.